The van der Waals surface area contributed by atoms with Crippen LogP contribution in [0.3, 0.4) is 0 Å². The Kier molecular flexibility index (Phi) is 2.61. The molecule has 2 aromatic heterocycles. The largest absolute Gasteiger partial charge is 0.311 e. The van der Waals surface area contributed by atoms with Gasteiger partial charge in [0.2, 0.25) is 0 Å². The first kappa shape index (κ1) is 10.4. The van der Waals surface area contributed by atoms with Crippen molar-refractivity contribution in [3.63, 3.8) is 0 Å². The second-order valence-corrected chi connectivity index (χ2v) is 4.40. The third-order valence-corrected chi connectivity index (χ3v) is 3.17. The molecule has 3 heterocycles. The van der Waals surface area contributed by atoms with Crippen LogP contribution in [-0.4, -0.2) is 16.5 Å². The van der Waals surface area contributed by atoms with Crippen molar-refractivity contribution >= 4 is 0 Å². The maximum absolute atomic E-state index is 4.62. The van der Waals surface area contributed by atoms with Crippen LogP contribution in [0.2, 0.25) is 0 Å². The molecular formula is C14H15N3. The van der Waals surface area contributed by atoms with Crippen LogP contribution >= 0.6 is 0 Å². The van der Waals surface area contributed by atoms with Gasteiger partial charge >= 0.3 is 0 Å². The van der Waals surface area contributed by atoms with Crippen molar-refractivity contribution in [3.05, 3.63) is 47.5 Å². The molecule has 0 amide bonds. The van der Waals surface area contributed by atoms with E-state index < -0.39 is 0 Å². The van der Waals surface area contributed by atoms with E-state index in [1.807, 2.05) is 12.4 Å². The summed E-state index contributed by atoms with van der Waals surface area (Å²) in [5.41, 5.74) is 6.22. The van der Waals surface area contributed by atoms with Crippen LogP contribution in [0, 0.1) is 6.92 Å². The summed E-state index contributed by atoms with van der Waals surface area (Å²) in [6.45, 7) is 3.98. The Morgan fingerprint density at radius 3 is 2.88 bits per heavy atom. The van der Waals surface area contributed by atoms with Gasteiger partial charge in [-0.25, -0.2) is 0 Å². The fraction of sp³-hybridized carbons (Fsp3) is 0.286. The lowest BCUT2D eigenvalue weighted by atomic mass is 9.95. The SMILES string of the molecule is Cc1cc(-c2ccncc2)c2c(n1)CNCC2. The van der Waals surface area contributed by atoms with E-state index in [9.17, 15) is 0 Å². The Morgan fingerprint density at radius 2 is 2.06 bits per heavy atom. The molecule has 0 aromatic carbocycles. The van der Waals surface area contributed by atoms with Gasteiger partial charge in [-0.05, 0) is 54.8 Å². The van der Waals surface area contributed by atoms with Gasteiger partial charge in [0.1, 0.15) is 0 Å². The van der Waals surface area contributed by atoms with Crippen LogP contribution in [0.15, 0.2) is 30.6 Å². The third-order valence-electron chi connectivity index (χ3n) is 3.17. The lowest BCUT2D eigenvalue weighted by molar-refractivity contribution is 0.626. The number of hydrogen-bond donors (Lipinski definition) is 1. The summed E-state index contributed by atoms with van der Waals surface area (Å²) in [6, 6.07) is 6.31. The molecule has 1 N–H and O–H groups in total. The van der Waals surface area contributed by atoms with E-state index in [-0.39, 0.29) is 0 Å². The zero-order valence-corrected chi connectivity index (χ0v) is 9.90. The maximum atomic E-state index is 4.62. The van der Waals surface area contributed by atoms with Gasteiger partial charge in [0.05, 0.1) is 5.69 Å². The van der Waals surface area contributed by atoms with Crippen molar-refractivity contribution in [2.75, 3.05) is 6.54 Å². The van der Waals surface area contributed by atoms with Gasteiger partial charge in [-0.2, -0.15) is 0 Å². The molecule has 3 nitrogen and oxygen atoms in total. The van der Waals surface area contributed by atoms with Crippen LogP contribution in [0.25, 0.3) is 11.1 Å². The molecule has 0 saturated carbocycles. The molecule has 0 unspecified atom stereocenters. The number of pyridine rings is 2. The Hall–Kier alpha value is -1.74. The first-order chi connectivity index (χ1) is 8.34. The van der Waals surface area contributed by atoms with Crippen molar-refractivity contribution in [1.82, 2.24) is 15.3 Å². The zero-order valence-electron chi connectivity index (χ0n) is 9.90. The molecule has 1 aliphatic rings. The van der Waals surface area contributed by atoms with Crippen molar-refractivity contribution in [1.29, 1.82) is 0 Å². The minimum atomic E-state index is 0.884. The number of aromatic nitrogens is 2. The van der Waals surface area contributed by atoms with Gasteiger partial charge in [0, 0.05) is 24.6 Å². The number of aryl methyl sites for hydroxylation is 1. The topological polar surface area (TPSA) is 37.8 Å². The molecule has 86 valence electrons. The van der Waals surface area contributed by atoms with Gasteiger partial charge in [-0.15, -0.1) is 0 Å². The molecule has 0 aliphatic carbocycles. The average molecular weight is 225 g/mol. The zero-order chi connectivity index (χ0) is 11.7. The number of nitrogens with zero attached hydrogens (tertiary/aromatic N) is 2. The molecular weight excluding hydrogens is 210 g/mol. The van der Waals surface area contributed by atoms with Crippen LogP contribution in [0.5, 0.6) is 0 Å². The minimum Gasteiger partial charge on any atom is -0.311 e. The highest BCUT2D eigenvalue weighted by Crippen LogP contribution is 2.27. The first-order valence-electron chi connectivity index (χ1n) is 5.95. The molecule has 0 fully saturated rings. The minimum absolute atomic E-state index is 0.884. The molecule has 0 radical (unpaired) electrons. The van der Waals surface area contributed by atoms with E-state index in [4.69, 9.17) is 0 Å². The van der Waals surface area contributed by atoms with E-state index in [1.165, 1.54) is 22.4 Å². The quantitative estimate of drug-likeness (QED) is 0.807. The van der Waals surface area contributed by atoms with Gasteiger partial charge in [0.15, 0.2) is 0 Å². The Bertz CT molecular complexity index is 535. The fourth-order valence-electron chi connectivity index (χ4n) is 2.40. The number of hydrogen-bond acceptors (Lipinski definition) is 3. The van der Waals surface area contributed by atoms with Crippen molar-refractivity contribution in [2.24, 2.45) is 0 Å². The summed E-state index contributed by atoms with van der Waals surface area (Å²) in [7, 11) is 0. The third kappa shape index (κ3) is 1.94. The van der Waals surface area contributed by atoms with Crippen molar-refractivity contribution in [3.8, 4) is 11.1 Å². The van der Waals surface area contributed by atoms with Crippen molar-refractivity contribution in [2.45, 2.75) is 19.9 Å². The van der Waals surface area contributed by atoms with Gasteiger partial charge < -0.3 is 5.32 Å². The molecule has 3 rings (SSSR count). The van der Waals surface area contributed by atoms with E-state index in [2.05, 4.69) is 40.4 Å². The summed E-state index contributed by atoms with van der Waals surface area (Å²) in [5, 5.41) is 3.37. The van der Waals surface area contributed by atoms with E-state index >= 15 is 0 Å². The standard InChI is InChI=1S/C14H15N3/c1-10-8-13(11-2-5-15-6-3-11)12-4-7-16-9-14(12)17-10/h2-3,5-6,8,16H,4,7,9H2,1H3. The fourth-order valence-corrected chi connectivity index (χ4v) is 2.40. The monoisotopic (exact) mass is 225 g/mol. The molecule has 0 saturated heterocycles. The van der Waals surface area contributed by atoms with Gasteiger partial charge in [0.25, 0.3) is 0 Å². The lowest BCUT2D eigenvalue weighted by Gasteiger charge is -2.20. The highest BCUT2D eigenvalue weighted by atomic mass is 14.9. The maximum Gasteiger partial charge on any atom is 0.0583 e. The van der Waals surface area contributed by atoms with E-state index in [0.29, 0.717) is 0 Å². The first-order valence-corrected chi connectivity index (χ1v) is 5.95. The molecule has 0 spiro atoms. The van der Waals surface area contributed by atoms with Gasteiger partial charge in [-0.3, -0.25) is 9.97 Å². The molecule has 0 bridgehead atoms. The molecule has 2 aromatic rings. The molecule has 0 atom stereocenters. The summed E-state index contributed by atoms with van der Waals surface area (Å²) in [4.78, 5) is 8.70. The van der Waals surface area contributed by atoms with E-state index in [1.54, 1.807) is 0 Å². The summed E-state index contributed by atoms with van der Waals surface area (Å²) < 4.78 is 0. The lowest BCUT2D eigenvalue weighted by Crippen LogP contribution is -2.25. The normalized spacial score (nSPS) is 14.4. The molecule has 1 aliphatic heterocycles. The average Bonchev–Trinajstić information content (AvgIpc) is 2.39. The van der Waals surface area contributed by atoms with Gasteiger partial charge in [-0.1, -0.05) is 0 Å². The predicted molar refractivity (Wildman–Crippen MR) is 67.6 cm³/mol. The van der Waals surface area contributed by atoms with Crippen LogP contribution < -0.4 is 5.32 Å². The number of nitrogens with one attached hydrogen (secondary N) is 1. The van der Waals surface area contributed by atoms with E-state index in [0.717, 1.165) is 25.2 Å². The van der Waals surface area contributed by atoms with Crippen LogP contribution in [0.4, 0.5) is 0 Å². The number of rotatable bonds is 1. The summed E-state index contributed by atoms with van der Waals surface area (Å²) in [5.74, 6) is 0. The molecule has 3 heteroatoms. The van der Waals surface area contributed by atoms with Crippen molar-refractivity contribution < 1.29 is 0 Å². The predicted octanol–water partition coefficient (Wildman–Crippen LogP) is 2.10. The Balaban J connectivity index is 2.19. The second-order valence-electron chi connectivity index (χ2n) is 4.40. The Morgan fingerprint density at radius 1 is 1.24 bits per heavy atom. The second kappa shape index (κ2) is 4.26. The Labute approximate surface area is 101 Å². The summed E-state index contributed by atoms with van der Waals surface area (Å²) in [6.07, 6.45) is 4.75. The number of fused-ring (bicyclic) bond motifs is 1. The molecule has 17 heavy (non-hydrogen) atoms. The van der Waals surface area contributed by atoms with Crippen LogP contribution in [-0.2, 0) is 13.0 Å². The van der Waals surface area contributed by atoms with Crippen LogP contribution in [0.1, 0.15) is 17.0 Å². The highest BCUT2D eigenvalue weighted by molar-refractivity contribution is 5.68. The highest BCUT2D eigenvalue weighted by Gasteiger charge is 2.15. The summed E-state index contributed by atoms with van der Waals surface area (Å²) >= 11 is 0. The smallest absolute Gasteiger partial charge is 0.0583 e.